The van der Waals surface area contributed by atoms with Crippen LogP contribution in [0.1, 0.15) is 42.6 Å². The molecule has 0 aromatic heterocycles. The molecule has 0 radical (unpaired) electrons. The number of carbonyl (C=O) groups is 1. The Kier molecular flexibility index (Phi) is 4.10. The van der Waals surface area contributed by atoms with Crippen LogP contribution in [-0.2, 0) is 6.42 Å². The van der Waals surface area contributed by atoms with E-state index < -0.39 is 5.54 Å². The Morgan fingerprint density at radius 3 is 3.00 bits per heavy atom. The lowest BCUT2D eigenvalue weighted by Crippen LogP contribution is -2.48. The predicted molar refractivity (Wildman–Crippen MR) is 76.5 cm³/mol. The molecular formula is C15H22N2O2. The van der Waals surface area contributed by atoms with Crippen LogP contribution in [0.5, 0.6) is 0 Å². The highest BCUT2D eigenvalue weighted by Crippen LogP contribution is 2.25. The molecule has 1 aliphatic heterocycles. The van der Waals surface area contributed by atoms with Gasteiger partial charge in [-0.05, 0) is 43.9 Å². The summed E-state index contributed by atoms with van der Waals surface area (Å²) < 4.78 is 0. The van der Waals surface area contributed by atoms with Gasteiger partial charge in [0.15, 0.2) is 0 Å². The number of fused-ring (bicyclic) bond motifs is 1. The quantitative estimate of drug-likeness (QED) is 0.777. The number of amides is 1. The van der Waals surface area contributed by atoms with Crippen molar-refractivity contribution in [3.8, 4) is 0 Å². The fourth-order valence-electron chi connectivity index (χ4n) is 2.30. The first-order valence-electron chi connectivity index (χ1n) is 6.89. The predicted octanol–water partition coefficient (Wildman–Crippen LogP) is 1.94. The van der Waals surface area contributed by atoms with Crippen LogP contribution in [0.25, 0.3) is 0 Å². The van der Waals surface area contributed by atoms with E-state index in [2.05, 4.69) is 10.6 Å². The first-order valence-corrected chi connectivity index (χ1v) is 6.89. The van der Waals surface area contributed by atoms with Gasteiger partial charge in [-0.25, -0.2) is 0 Å². The molecular weight excluding hydrogens is 240 g/mol. The van der Waals surface area contributed by atoms with Crippen molar-refractivity contribution in [3.05, 3.63) is 29.3 Å². The van der Waals surface area contributed by atoms with E-state index in [9.17, 15) is 9.90 Å². The van der Waals surface area contributed by atoms with E-state index in [1.807, 2.05) is 32.0 Å². The molecule has 2 rings (SSSR count). The second kappa shape index (κ2) is 5.61. The van der Waals surface area contributed by atoms with Gasteiger partial charge < -0.3 is 15.7 Å². The van der Waals surface area contributed by atoms with Crippen molar-refractivity contribution < 1.29 is 9.90 Å². The van der Waals surface area contributed by atoms with Gasteiger partial charge in [-0.15, -0.1) is 0 Å². The van der Waals surface area contributed by atoms with Gasteiger partial charge in [0.05, 0.1) is 12.1 Å². The molecule has 1 atom stereocenters. The summed E-state index contributed by atoms with van der Waals surface area (Å²) >= 11 is 0. The van der Waals surface area contributed by atoms with E-state index >= 15 is 0 Å². The zero-order chi connectivity index (χ0) is 13.9. The van der Waals surface area contributed by atoms with E-state index in [4.69, 9.17) is 0 Å². The van der Waals surface area contributed by atoms with Crippen molar-refractivity contribution in [3.63, 3.8) is 0 Å². The maximum absolute atomic E-state index is 12.4. The third-order valence-corrected chi connectivity index (χ3v) is 3.88. The second-order valence-corrected chi connectivity index (χ2v) is 5.39. The average Bonchev–Trinajstić information content (AvgIpc) is 2.46. The van der Waals surface area contributed by atoms with E-state index in [0.717, 1.165) is 36.2 Å². The Hall–Kier alpha value is -1.55. The van der Waals surface area contributed by atoms with Crippen LogP contribution in [0.2, 0.25) is 0 Å². The molecule has 1 aliphatic rings. The Bertz CT molecular complexity index is 467. The van der Waals surface area contributed by atoms with Crippen LogP contribution >= 0.6 is 0 Å². The van der Waals surface area contributed by atoms with Crippen LogP contribution in [0.3, 0.4) is 0 Å². The van der Waals surface area contributed by atoms with Crippen molar-refractivity contribution in [1.82, 2.24) is 5.32 Å². The van der Waals surface area contributed by atoms with E-state index in [0.29, 0.717) is 6.42 Å². The fourth-order valence-corrected chi connectivity index (χ4v) is 2.30. The summed E-state index contributed by atoms with van der Waals surface area (Å²) in [6, 6.07) is 5.76. The number of nitrogens with one attached hydrogen (secondary N) is 2. The summed E-state index contributed by atoms with van der Waals surface area (Å²) in [6.45, 7) is 4.72. The SMILES string of the molecule is CCC(C)(CO)NC(=O)c1cccc2c1CCCN2. The number of benzene rings is 1. The highest BCUT2D eigenvalue weighted by atomic mass is 16.3. The lowest BCUT2D eigenvalue weighted by molar-refractivity contribution is 0.0846. The third kappa shape index (κ3) is 2.89. The van der Waals surface area contributed by atoms with E-state index in [-0.39, 0.29) is 12.5 Å². The molecule has 3 N–H and O–H groups in total. The normalized spacial score (nSPS) is 17.0. The van der Waals surface area contributed by atoms with Gasteiger partial charge in [0.2, 0.25) is 0 Å². The van der Waals surface area contributed by atoms with Gasteiger partial charge >= 0.3 is 0 Å². The largest absolute Gasteiger partial charge is 0.394 e. The highest BCUT2D eigenvalue weighted by Gasteiger charge is 2.25. The molecule has 0 aliphatic carbocycles. The molecule has 0 fully saturated rings. The molecule has 104 valence electrons. The minimum atomic E-state index is -0.554. The van der Waals surface area contributed by atoms with Crippen molar-refractivity contribution in [2.45, 2.75) is 38.6 Å². The number of aliphatic hydroxyl groups excluding tert-OH is 1. The average molecular weight is 262 g/mol. The zero-order valence-corrected chi connectivity index (χ0v) is 11.6. The molecule has 1 heterocycles. The molecule has 1 aromatic carbocycles. The summed E-state index contributed by atoms with van der Waals surface area (Å²) in [7, 11) is 0. The molecule has 0 saturated carbocycles. The van der Waals surface area contributed by atoms with Crippen molar-refractivity contribution in [2.75, 3.05) is 18.5 Å². The molecule has 4 nitrogen and oxygen atoms in total. The van der Waals surface area contributed by atoms with Crippen molar-refractivity contribution in [1.29, 1.82) is 0 Å². The van der Waals surface area contributed by atoms with Crippen LogP contribution < -0.4 is 10.6 Å². The molecule has 0 bridgehead atoms. The number of anilines is 1. The molecule has 19 heavy (non-hydrogen) atoms. The summed E-state index contributed by atoms with van der Waals surface area (Å²) in [4.78, 5) is 12.4. The van der Waals surface area contributed by atoms with Crippen molar-refractivity contribution >= 4 is 11.6 Å². The number of hydrogen-bond donors (Lipinski definition) is 3. The summed E-state index contributed by atoms with van der Waals surface area (Å²) in [5.74, 6) is -0.0982. The Morgan fingerprint density at radius 2 is 2.32 bits per heavy atom. The van der Waals surface area contributed by atoms with Gasteiger partial charge in [0.1, 0.15) is 0 Å². The Balaban J connectivity index is 2.25. The topological polar surface area (TPSA) is 61.4 Å². The number of carbonyl (C=O) groups excluding carboxylic acids is 1. The minimum absolute atomic E-state index is 0.0531. The molecule has 0 saturated heterocycles. The zero-order valence-electron chi connectivity index (χ0n) is 11.6. The number of rotatable bonds is 4. The van der Waals surface area contributed by atoms with Gasteiger partial charge in [-0.3, -0.25) is 4.79 Å². The van der Waals surface area contributed by atoms with Gasteiger partial charge in [0.25, 0.3) is 5.91 Å². The maximum atomic E-state index is 12.4. The molecule has 1 unspecified atom stereocenters. The molecule has 0 spiro atoms. The molecule has 1 aromatic rings. The van der Waals surface area contributed by atoms with E-state index in [1.54, 1.807) is 0 Å². The first kappa shape index (κ1) is 13.9. The standard InChI is InChI=1S/C15H22N2O2/c1-3-15(2,10-18)17-14(19)12-6-4-8-13-11(12)7-5-9-16-13/h4,6,8,16,18H,3,5,7,9-10H2,1-2H3,(H,17,19). The monoisotopic (exact) mass is 262 g/mol. The fraction of sp³-hybridized carbons (Fsp3) is 0.533. The summed E-state index contributed by atoms with van der Waals surface area (Å²) in [6.07, 6.45) is 2.67. The highest BCUT2D eigenvalue weighted by molar-refractivity contribution is 5.97. The van der Waals surface area contributed by atoms with Crippen molar-refractivity contribution in [2.24, 2.45) is 0 Å². The third-order valence-electron chi connectivity index (χ3n) is 3.88. The lowest BCUT2D eigenvalue weighted by atomic mass is 9.95. The lowest BCUT2D eigenvalue weighted by Gasteiger charge is -2.28. The van der Waals surface area contributed by atoms with Gasteiger partial charge in [-0.2, -0.15) is 0 Å². The second-order valence-electron chi connectivity index (χ2n) is 5.39. The maximum Gasteiger partial charge on any atom is 0.252 e. The van der Waals surface area contributed by atoms with Crippen LogP contribution in [-0.4, -0.2) is 29.7 Å². The first-order chi connectivity index (χ1) is 9.09. The van der Waals surface area contributed by atoms with Crippen LogP contribution in [0.4, 0.5) is 5.69 Å². The summed E-state index contributed by atoms with van der Waals surface area (Å²) in [5.41, 5.74) is 2.31. The van der Waals surface area contributed by atoms with Gasteiger partial charge in [-0.1, -0.05) is 13.0 Å². The number of hydrogen-bond acceptors (Lipinski definition) is 3. The Labute approximate surface area is 114 Å². The van der Waals surface area contributed by atoms with Gasteiger partial charge in [0, 0.05) is 17.8 Å². The number of aliphatic hydroxyl groups is 1. The molecule has 1 amide bonds. The van der Waals surface area contributed by atoms with Crippen LogP contribution in [0, 0.1) is 0 Å². The Morgan fingerprint density at radius 1 is 1.53 bits per heavy atom. The van der Waals surface area contributed by atoms with Crippen LogP contribution in [0.15, 0.2) is 18.2 Å². The van der Waals surface area contributed by atoms with E-state index in [1.165, 1.54) is 0 Å². The summed E-state index contributed by atoms with van der Waals surface area (Å²) in [5, 5.41) is 15.7. The minimum Gasteiger partial charge on any atom is -0.394 e. The molecule has 4 heteroatoms. The smallest absolute Gasteiger partial charge is 0.252 e.